The predicted octanol–water partition coefficient (Wildman–Crippen LogP) is 3.92. The summed E-state index contributed by atoms with van der Waals surface area (Å²) in [4.78, 5) is 13.8. The number of nitrogens with zero attached hydrogens (tertiary/aromatic N) is 4. The Balaban J connectivity index is 1.98. The minimum Gasteiger partial charge on any atom is -0.508 e. The molecule has 0 spiro atoms. The zero-order chi connectivity index (χ0) is 21.0. The highest BCUT2D eigenvalue weighted by atomic mass is 35.5. The van der Waals surface area contributed by atoms with Crippen LogP contribution in [0.1, 0.15) is 45.2 Å². The molecule has 0 aliphatic rings. The molecule has 29 heavy (non-hydrogen) atoms. The summed E-state index contributed by atoms with van der Waals surface area (Å²) in [5, 5.41) is 17.1. The maximum atomic E-state index is 10.1. The van der Waals surface area contributed by atoms with Crippen molar-refractivity contribution < 1.29 is 5.11 Å². The molecule has 1 unspecified atom stereocenters. The summed E-state index contributed by atoms with van der Waals surface area (Å²) in [6.07, 6.45) is 3.77. The van der Waals surface area contributed by atoms with E-state index in [1.54, 1.807) is 18.2 Å². The summed E-state index contributed by atoms with van der Waals surface area (Å²) in [5.74, 6) is 1.25. The number of phenolic OH excluding ortho intramolecular Hbond substituents is 1. The molecule has 2 heterocycles. The summed E-state index contributed by atoms with van der Waals surface area (Å²) in [7, 11) is 0. The lowest BCUT2D eigenvalue weighted by Gasteiger charge is -2.16. The van der Waals surface area contributed by atoms with Gasteiger partial charge in [0, 0.05) is 35.8 Å². The van der Waals surface area contributed by atoms with Gasteiger partial charge in [0.05, 0.1) is 6.33 Å². The highest BCUT2D eigenvalue weighted by molar-refractivity contribution is 6.30. The molecule has 8 nitrogen and oxygen atoms in total. The highest BCUT2D eigenvalue weighted by Crippen LogP contribution is 2.28. The van der Waals surface area contributed by atoms with Crippen LogP contribution in [0.3, 0.4) is 0 Å². The van der Waals surface area contributed by atoms with Crippen LogP contribution in [0.4, 0.5) is 11.8 Å². The first-order valence-corrected chi connectivity index (χ1v) is 10.3. The quantitative estimate of drug-likeness (QED) is 0.417. The summed E-state index contributed by atoms with van der Waals surface area (Å²) < 4.78 is 2.09. The van der Waals surface area contributed by atoms with Crippen molar-refractivity contribution in [2.24, 2.45) is 5.73 Å². The van der Waals surface area contributed by atoms with E-state index in [9.17, 15) is 5.11 Å². The Bertz CT molecular complexity index is 969. The van der Waals surface area contributed by atoms with E-state index < -0.39 is 0 Å². The van der Waals surface area contributed by atoms with Crippen LogP contribution in [0.25, 0.3) is 11.2 Å². The predicted molar refractivity (Wildman–Crippen MR) is 118 cm³/mol. The third kappa shape index (κ3) is 4.89. The monoisotopic (exact) mass is 417 g/mol. The van der Waals surface area contributed by atoms with Gasteiger partial charge in [0.1, 0.15) is 5.75 Å². The van der Waals surface area contributed by atoms with E-state index in [2.05, 4.69) is 44.0 Å². The van der Waals surface area contributed by atoms with Gasteiger partial charge in [-0.05, 0) is 38.0 Å². The van der Waals surface area contributed by atoms with Crippen LogP contribution in [0.5, 0.6) is 5.75 Å². The number of anilines is 2. The normalized spacial score (nSPS) is 12.5. The van der Waals surface area contributed by atoms with Gasteiger partial charge in [-0.2, -0.15) is 9.97 Å². The molecular weight excluding hydrogens is 390 g/mol. The Morgan fingerprint density at radius 1 is 1.21 bits per heavy atom. The number of aromatic hydroxyl groups is 1. The van der Waals surface area contributed by atoms with Gasteiger partial charge < -0.3 is 26.0 Å². The maximum Gasteiger partial charge on any atom is 0.226 e. The fraction of sp³-hybridized carbons (Fsp3) is 0.450. The summed E-state index contributed by atoms with van der Waals surface area (Å²) in [6.45, 7) is 7.12. The number of aromatic nitrogens is 4. The van der Waals surface area contributed by atoms with Gasteiger partial charge in [0.2, 0.25) is 5.95 Å². The molecule has 1 atom stereocenters. The number of halogens is 1. The van der Waals surface area contributed by atoms with Crippen molar-refractivity contribution in [3.05, 3.63) is 35.1 Å². The van der Waals surface area contributed by atoms with E-state index in [4.69, 9.17) is 17.3 Å². The molecule has 2 aromatic heterocycles. The smallest absolute Gasteiger partial charge is 0.226 e. The molecule has 0 bridgehead atoms. The van der Waals surface area contributed by atoms with E-state index in [1.165, 1.54) is 0 Å². The van der Waals surface area contributed by atoms with Crippen molar-refractivity contribution >= 4 is 34.5 Å². The Kier molecular flexibility index (Phi) is 6.76. The second-order valence-electron chi connectivity index (χ2n) is 7.17. The van der Waals surface area contributed by atoms with Gasteiger partial charge >= 0.3 is 0 Å². The molecule has 0 saturated heterocycles. The Hall–Kier alpha value is -2.58. The number of phenols is 1. The van der Waals surface area contributed by atoms with E-state index in [0.29, 0.717) is 47.0 Å². The van der Waals surface area contributed by atoms with Crippen molar-refractivity contribution in [1.82, 2.24) is 19.5 Å². The Labute approximate surface area is 175 Å². The number of hydrogen-bond donors (Lipinski definition) is 4. The van der Waals surface area contributed by atoms with E-state index in [0.717, 1.165) is 18.5 Å². The lowest BCUT2D eigenvalue weighted by atomic mass is 10.2. The van der Waals surface area contributed by atoms with Crippen molar-refractivity contribution in [1.29, 1.82) is 0 Å². The fourth-order valence-electron chi connectivity index (χ4n) is 3.20. The topological polar surface area (TPSA) is 114 Å². The Morgan fingerprint density at radius 2 is 1.97 bits per heavy atom. The van der Waals surface area contributed by atoms with Gasteiger partial charge in [0.15, 0.2) is 17.0 Å². The second kappa shape index (κ2) is 9.28. The minimum atomic E-state index is -0.0296. The summed E-state index contributed by atoms with van der Waals surface area (Å²) in [5.41, 5.74) is 7.99. The zero-order valence-electron chi connectivity index (χ0n) is 17.0. The average Bonchev–Trinajstić information content (AvgIpc) is 3.12. The van der Waals surface area contributed by atoms with Crippen molar-refractivity contribution in [2.75, 3.05) is 17.2 Å². The minimum absolute atomic E-state index is 0.0296. The van der Waals surface area contributed by atoms with Crippen molar-refractivity contribution in [3.63, 3.8) is 0 Å². The van der Waals surface area contributed by atoms with Crippen LogP contribution in [-0.2, 0) is 6.54 Å². The Morgan fingerprint density at radius 3 is 2.66 bits per heavy atom. The van der Waals surface area contributed by atoms with Gasteiger partial charge in [-0.1, -0.05) is 25.4 Å². The molecule has 0 amide bonds. The fourth-order valence-corrected chi connectivity index (χ4v) is 3.39. The van der Waals surface area contributed by atoms with E-state index in [-0.39, 0.29) is 11.8 Å². The standard InChI is InChI=1S/C20H28ClN7O/c1-4-15(5-2)28-11-25-17-18(23-10-13-8-14(21)6-7-16(13)29)26-20(27-19(17)28)24-9-12(3)22/h6-8,11-12,15,29H,4-5,9-10,22H2,1-3H3,(H2,23,24,26,27). The molecule has 0 radical (unpaired) electrons. The average molecular weight is 418 g/mol. The molecule has 0 aliphatic heterocycles. The first-order chi connectivity index (χ1) is 13.9. The number of imidazole rings is 1. The van der Waals surface area contributed by atoms with Gasteiger partial charge in [-0.3, -0.25) is 0 Å². The number of benzene rings is 1. The van der Waals surface area contributed by atoms with Gasteiger partial charge in [-0.15, -0.1) is 0 Å². The van der Waals surface area contributed by atoms with Gasteiger partial charge in [-0.25, -0.2) is 4.98 Å². The molecule has 0 saturated carbocycles. The molecule has 3 aromatic rings. The maximum absolute atomic E-state index is 10.1. The van der Waals surface area contributed by atoms with E-state index >= 15 is 0 Å². The summed E-state index contributed by atoms with van der Waals surface area (Å²) in [6, 6.07) is 5.22. The van der Waals surface area contributed by atoms with E-state index in [1.807, 2.05) is 13.3 Å². The van der Waals surface area contributed by atoms with Crippen LogP contribution in [0, 0.1) is 0 Å². The lowest BCUT2D eigenvalue weighted by molar-refractivity contribution is 0.469. The van der Waals surface area contributed by atoms with Crippen LogP contribution >= 0.6 is 11.6 Å². The first kappa shape index (κ1) is 21.1. The molecule has 0 aliphatic carbocycles. The van der Waals surface area contributed by atoms with Crippen LogP contribution < -0.4 is 16.4 Å². The van der Waals surface area contributed by atoms with Crippen LogP contribution in [0.2, 0.25) is 5.02 Å². The van der Waals surface area contributed by atoms with Gasteiger partial charge in [0.25, 0.3) is 0 Å². The third-order valence-corrected chi connectivity index (χ3v) is 5.06. The van der Waals surface area contributed by atoms with Crippen molar-refractivity contribution in [2.45, 2.75) is 52.2 Å². The largest absolute Gasteiger partial charge is 0.508 e. The number of rotatable bonds is 9. The van der Waals surface area contributed by atoms with Crippen LogP contribution in [0.15, 0.2) is 24.5 Å². The van der Waals surface area contributed by atoms with Crippen LogP contribution in [-0.4, -0.2) is 37.2 Å². The lowest BCUT2D eigenvalue weighted by Crippen LogP contribution is -2.26. The molecule has 3 rings (SSSR count). The third-order valence-electron chi connectivity index (χ3n) is 4.83. The number of nitrogens with one attached hydrogen (secondary N) is 2. The van der Waals surface area contributed by atoms with Crippen molar-refractivity contribution in [3.8, 4) is 5.75 Å². The molecule has 0 fully saturated rings. The number of fused-ring (bicyclic) bond motifs is 1. The highest BCUT2D eigenvalue weighted by Gasteiger charge is 2.17. The molecule has 5 N–H and O–H groups in total. The summed E-state index contributed by atoms with van der Waals surface area (Å²) >= 11 is 6.06. The zero-order valence-corrected chi connectivity index (χ0v) is 17.7. The molecule has 9 heteroatoms. The second-order valence-corrected chi connectivity index (χ2v) is 7.61. The number of nitrogens with two attached hydrogens (primary N) is 1. The molecular formula is C20H28ClN7O. The number of hydrogen-bond acceptors (Lipinski definition) is 7. The SMILES string of the molecule is CCC(CC)n1cnc2c(NCc3cc(Cl)ccc3O)nc(NCC(C)N)nc21. The molecule has 156 valence electrons. The molecule has 1 aromatic carbocycles. The first-order valence-electron chi connectivity index (χ1n) is 9.88.